The molecule has 0 bridgehead atoms. The molecule has 32 heavy (non-hydrogen) atoms. The van der Waals surface area contributed by atoms with Crippen molar-refractivity contribution in [3.63, 3.8) is 0 Å². The molecule has 2 aromatic carbocycles. The molecule has 4 aromatic rings. The number of benzene rings is 2. The van der Waals surface area contributed by atoms with Gasteiger partial charge in [0.1, 0.15) is 28.8 Å². The van der Waals surface area contributed by atoms with Crippen LogP contribution >= 0.6 is 0 Å². The van der Waals surface area contributed by atoms with Gasteiger partial charge in [0.05, 0.1) is 23.0 Å². The smallest absolute Gasteiger partial charge is 0.349 e. The molecule has 0 aliphatic rings. The third kappa shape index (κ3) is 3.77. The van der Waals surface area contributed by atoms with E-state index in [1.165, 1.54) is 19.3 Å². The topological polar surface area (TPSA) is 59.8 Å². The SMILES string of the molecule is Cn1c(=O)c(Nc2ccc(F)cc2F)cc2cnnc(-c3ccc(C(F)(F)F)cc3F)c21. The Morgan fingerprint density at radius 3 is 2.34 bits per heavy atom. The summed E-state index contributed by atoms with van der Waals surface area (Å²) in [6.07, 6.45) is -3.47. The van der Waals surface area contributed by atoms with Gasteiger partial charge in [-0.15, -0.1) is 5.10 Å². The molecule has 11 heteroatoms. The number of alkyl halides is 3. The van der Waals surface area contributed by atoms with E-state index < -0.39 is 34.8 Å². The van der Waals surface area contributed by atoms with Crippen LogP contribution in [0.25, 0.3) is 22.2 Å². The fourth-order valence-corrected chi connectivity index (χ4v) is 3.24. The Bertz CT molecular complexity index is 1410. The standard InChI is InChI=1S/C21H12F6N4O/c1-31-19-10(6-17(20(31)32)29-16-5-3-12(22)8-15(16)24)9-28-30-18(19)13-4-2-11(7-14(13)23)21(25,26)27/h2-9,29H,1H3. The lowest BCUT2D eigenvalue weighted by molar-refractivity contribution is -0.137. The number of nitrogens with one attached hydrogen (secondary N) is 1. The second-order valence-electron chi connectivity index (χ2n) is 6.86. The number of aryl methyl sites for hydroxylation is 1. The van der Waals surface area contributed by atoms with Crippen LogP contribution in [0.4, 0.5) is 37.7 Å². The molecule has 0 amide bonds. The Balaban J connectivity index is 1.86. The predicted octanol–water partition coefficient (Wildman–Crippen LogP) is 5.18. The summed E-state index contributed by atoms with van der Waals surface area (Å²) in [7, 11) is 1.34. The van der Waals surface area contributed by atoms with Crippen molar-refractivity contribution in [2.24, 2.45) is 7.05 Å². The number of halogens is 6. The summed E-state index contributed by atoms with van der Waals surface area (Å²) in [5.74, 6) is -2.91. The van der Waals surface area contributed by atoms with Gasteiger partial charge in [-0.25, -0.2) is 13.2 Å². The van der Waals surface area contributed by atoms with Crippen LogP contribution in [-0.4, -0.2) is 14.8 Å². The van der Waals surface area contributed by atoms with Crippen molar-refractivity contribution in [3.05, 3.63) is 82.0 Å². The number of hydrogen-bond donors (Lipinski definition) is 1. The highest BCUT2D eigenvalue weighted by molar-refractivity contribution is 5.93. The van der Waals surface area contributed by atoms with Gasteiger partial charge in [-0.1, -0.05) is 0 Å². The third-order valence-electron chi connectivity index (χ3n) is 4.77. The lowest BCUT2D eigenvalue weighted by atomic mass is 10.1. The first kappa shape index (κ1) is 21.3. The van der Waals surface area contributed by atoms with E-state index in [4.69, 9.17) is 0 Å². The zero-order valence-corrected chi connectivity index (χ0v) is 16.1. The summed E-state index contributed by atoms with van der Waals surface area (Å²) in [5.41, 5.74) is -2.40. The highest BCUT2D eigenvalue weighted by atomic mass is 19.4. The molecule has 5 nitrogen and oxygen atoms in total. The Morgan fingerprint density at radius 2 is 1.69 bits per heavy atom. The normalized spacial score (nSPS) is 11.7. The zero-order valence-electron chi connectivity index (χ0n) is 16.1. The first-order chi connectivity index (χ1) is 15.1. The maximum atomic E-state index is 14.5. The summed E-state index contributed by atoms with van der Waals surface area (Å²) < 4.78 is 81.3. The number of pyridine rings is 1. The molecule has 1 N–H and O–H groups in total. The van der Waals surface area contributed by atoms with E-state index in [0.717, 1.165) is 22.8 Å². The molecule has 164 valence electrons. The van der Waals surface area contributed by atoms with Gasteiger partial charge in [0.2, 0.25) is 0 Å². The van der Waals surface area contributed by atoms with Crippen LogP contribution in [0.3, 0.4) is 0 Å². The monoisotopic (exact) mass is 450 g/mol. The van der Waals surface area contributed by atoms with Crippen molar-refractivity contribution in [2.45, 2.75) is 6.18 Å². The fourth-order valence-electron chi connectivity index (χ4n) is 3.24. The minimum atomic E-state index is -4.73. The van der Waals surface area contributed by atoms with E-state index in [1.54, 1.807) is 0 Å². The Labute approximate surface area is 175 Å². The van der Waals surface area contributed by atoms with Gasteiger partial charge in [-0.3, -0.25) is 4.79 Å². The average molecular weight is 450 g/mol. The van der Waals surface area contributed by atoms with Crippen molar-refractivity contribution < 1.29 is 26.3 Å². The maximum absolute atomic E-state index is 14.5. The Morgan fingerprint density at radius 1 is 0.938 bits per heavy atom. The summed E-state index contributed by atoms with van der Waals surface area (Å²) in [4.78, 5) is 12.8. The number of anilines is 2. The van der Waals surface area contributed by atoms with Gasteiger partial charge in [0, 0.05) is 24.1 Å². The molecule has 0 fully saturated rings. The van der Waals surface area contributed by atoms with Crippen LogP contribution in [0.5, 0.6) is 0 Å². The van der Waals surface area contributed by atoms with Crippen LogP contribution in [0.15, 0.2) is 53.5 Å². The van der Waals surface area contributed by atoms with Crippen molar-refractivity contribution in [2.75, 3.05) is 5.32 Å². The lowest BCUT2D eigenvalue weighted by Crippen LogP contribution is -2.21. The number of rotatable bonds is 3. The summed E-state index contributed by atoms with van der Waals surface area (Å²) in [6, 6.07) is 6.01. The van der Waals surface area contributed by atoms with Gasteiger partial charge in [0.15, 0.2) is 0 Å². The van der Waals surface area contributed by atoms with Gasteiger partial charge in [-0.05, 0) is 36.4 Å². The van der Waals surface area contributed by atoms with Crippen LogP contribution in [-0.2, 0) is 13.2 Å². The molecule has 4 rings (SSSR count). The van der Waals surface area contributed by atoms with Gasteiger partial charge < -0.3 is 9.88 Å². The summed E-state index contributed by atoms with van der Waals surface area (Å²) in [5, 5.41) is 10.4. The highest BCUT2D eigenvalue weighted by Crippen LogP contribution is 2.34. The molecule has 0 unspecified atom stereocenters. The van der Waals surface area contributed by atoms with E-state index in [2.05, 4.69) is 15.5 Å². The number of aromatic nitrogens is 3. The molecule has 0 saturated heterocycles. The van der Waals surface area contributed by atoms with Crippen LogP contribution in [0.2, 0.25) is 0 Å². The van der Waals surface area contributed by atoms with E-state index in [0.29, 0.717) is 18.2 Å². The minimum absolute atomic E-state index is 0.0858. The number of fused-ring (bicyclic) bond motifs is 1. The molecular weight excluding hydrogens is 438 g/mol. The number of nitrogens with zero attached hydrogens (tertiary/aromatic N) is 3. The molecule has 0 atom stereocenters. The zero-order chi connectivity index (χ0) is 23.2. The second kappa shape index (κ2) is 7.66. The van der Waals surface area contributed by atoms with Crippen LogP contribution in [0.1, 0.15) is 5.56 Å². The largest absolute Gasteiger partial charge is 0.416 e. The van der Waals surface area contributed by atoms with Gasteiger partial charge >= 0.3 is 6.18 Å². The Hall–Kier alpha value is -3.89. The average Bonchev–Trinajstić information content (AvgIpc) is 2.72. The third-order valence-corrected chi connectivity index (χ3v) is 4.77. The lowest BCUT2D eigenvalue weighted by Gasteiger charge is -2.14. The van der Waals surface area contributed by atoms with Crippen LogP contribution in [0, 0.1) is 17.5 Å². The molecule has 0 aliphatic carbocycles. The van der Waals surface area contributed by atoms with Crippen LogP contribution < -0.4 is 10.9 Å². The van der Waals surface area contributed by atoms with Gasteiger partial charge in [-0.2, -0.15) is 18.3 Å². The highest BCUT2D eigenvalue weighted by Gasteiger charge is 2.31. The fraction of sp³-hybridized carbons (Fsp3) is 0.0952. The maximum Gasteiger partial charge on any atom is 0.416 e. The molecule has 0 spiro atoms. The molecular formula is C21H12F6N4O. The summed E-state index contributed by atoms with van der Waals surface area (Å²) >= 11 is 0. The van der Waals surface area contributed by atoms with E-state index in [-0.39, 0.29) is 33.5 Å². The van der Waals surface area contributed by atoms with Crippen molar-refractivity contribution >= 4 is 22.3 Å². The summed E-state index contributed by atoms with van der Waals surface area (Å²) in [6.45, 7) is 0. The minimum Gasteiger partial charge on any atom is -0.349 e. The van der Waals surface area contributed by atoms with E-state index in [9.17, 15) is 31.1 Å². The molecule has 2 aromatic heterocycles. The molecule has 0 aliphatic heterocycles. The molecule has 0 saturated carbocycles. The second-order valence-corrected chi connectivity index (χ2v) is 6.86. The molecule has 0 radical (unpaired) electrons. The first-order valence-electron chi connectivity index (χ1n) is 9.01. The van der Waals surface area contributed by atoms with Crippen molar-refractivity contribution in [1.82, 2.24) is 14.8 Å². The predicted molar refractivity (Wildman–Crippen MR) is 105 cm³/mol. The van der Waals surface area contributed by atoms with Crippen molar-refractivity contribution in [1.29, 1.82) is 0 Å². The van der Waals surface area contributed by atoms with E-state index >= 15 is 0 Å². The molecule has 2 heterocycles. The Kier molecular flexibility index (Phi) is 5.11. The van der Waals surface area contributed by atoms with Gasteiger partial charge in [0.25, 0.3) is 5.56 Å². The van der Waals surface area contributed by atoms with E-state index in [1.807, 2.05) is 0 Å². The first-order valence-corrected chi connectivity index (χ1v) is 9.01. The van der Waals surface area contributed by atoms with Crippen molar-refractivity contribution in [3.8, 4) is 11.3 Å². The number of hydrogen-bond acceptors (Lipinski definition) is 4. The quantitative estimate of drug-likeness (QED) is 0.438.